The molecule has 4 aromatic rings. The second-order valence-electron chi connectivity index (χ2n) is 6.81. The van der Waals surface area contributed by atoms with Crippen molar-refractivity contribution < 1.29 is 4.79 Å². The number of nitrogens with one attached hydrogen (secondary N) is 1. The number of rotatable bonds is 4. The molecule has 0 spiro atoms. The monoisotopic (exact) mass is 370 g/mol. The Morgan fingerprint density at radius 3 is 2.81 bits per heavy atom. The SMILES string of the molecule is O=C(c1cccs1)c1cccc2nc(N[C@@H]3CCc4ccccc43)ccc12. The summed E-state index contributed by atoms with van der Waals surface area (Å²) in [6.45, 7) is 0. The predicted octanol–water partition coefficient (Wildman–Crippen LogP) is 5.63. The van der Waals surface area contributed by atoms with Crippen LogP contribution in [0.2, 0.25) is 0 Å². The van der Waals surface area contributed by atoms with Crippen LogP contribution in [0.4, 0.5) is 5.82 Å². The van der Waals surface area contributed by atoms with Crippen molar-refractivity contribution in [2.24, 2.45) is 0 Å². The molecule has 3 nitrogen and oxygen atoms in total. The lowest BCUT2D eigenvalue weighted by Gasteiger charge is -2.15. The van der Waals surface area contributed by atoms with Crippen molar-refractivity contribution in [3.63, 3.8) is 0 Å². The number of aryl methyl sites for hydroxylation is 1. The third-order valence-corrected chi connectivity index (χ3v) is 6.05. The van der Waals surface area contributed by atoms with Crippen LogP contribution in [-0.2, 0) is 6.42 Å². The fourth-order valence-corrected chi connectivity index (χ4v) is 4.54. The highest BCUT2D eigenvalue weighted by atomic mass is 32.1. The van der Waals surface area contributed by atoms with Gasteiger partial charge in [-0.1, -0.05) is 42.5 Å². The Morgan fingerprint density at radius 2 is 1.93 bits per heavy atom. The van der Waals surface area contributed by atoms with Crippen molar-refractivity contribution in [1.82, 2.24) is 4.98 Å². The van der Waals surface area contributed by atoms with Gasteiger partial charge in [0.05, 0.1) is 16.4 Å². The number of aromatic nitrogens is 1. The summed E-state index contributed by atoms with van der Waals surface area (Å²) in [5, 5.41) is 6.40. The maximum atomic E-state index is 12.8. The first-order valence-electron chi connectivity index (χ1n) is 9.12. The molecule has 2 aromatic heterocycles. The van der Waals surface area contributed by atoms with Gasteiger partial charge in [0.1, 0.15) is 5.82 Å². The zero-order chi connectivity index (χ0) is 18.2. The normalized spacial score (nSPS) is 15.6. The molecular formula is C23H18N2OS. The zero-order valence-corrected chi connectivity index (χ0v) is 15.5. The molecular weight excluding hydrogens is 352 g/mol. The summed E-state index contributed by atoms with van der Waals surface area (Å²) in [6.07, 6.45) is 2.18. The minimum absolute atomic E-state index is 0.0582. The summed E-state index contributed by atoms with van der Waals surface area (Å²) in [5.74, 6) is 0.910. The van der Waals surface area contributed by atoms with Gasteiger partial charge in [-0.25, -0.2) is 4.98 Å². The number of ketones is 1. The standard InChI is InChI=1S/C23H18N2OS/c26-23(21-9-4-14-27-21)18-7-3-8-19-17(18)11-13-22(24-19)25-20-12-10-15-5-1-2-6-16(15)20/h1-9,11,13-14,20H,10,12H2,(H,24,25)/t20-/m1/s1. The van der Waals surface area contributed by atoms with Crippen molar-refractivity contribution in [3.05, 3.63) is 93.7 Å². The lowest BCUT2D eigenvalue weighted by atomic mass is 10.0. The van der Waals surface area contributed by atoms with Crippen LogP contribution >= 0.6 is 11.3 Å². The molecule has 0 fully saturated rings. The Bertz CT molecular complexity index is 1130. The van der Waals surface area contributed by atoms with E-state index in [2.05, 4.69) is 29.6 Å². The second kappa shape index (κ2) is 6.63. The van der Waals surface area contributed by atoms with Gasteiger partial charge in [-0.15, -0.1) is 11.3 Å². The van der Waals surface area contributed by atoms with Gasteiger partial charge in [-0.2, -0.15) is 0 Å². The summed E-state index contributed by atoms with van der Waals surface area (Å²) in [6, 6.07) is 22.4. The topological polar surface area (TPSA) is 42.0 Å². The van der Waals surface area contributed by atoms with Crippen molar-refractivity contribution in [1.29, 1.82) is 0 Å². The van der Waals surface area contributed by atoms with E-state index in [9.17, 15) is 4.79 Å². The summed E-state index contributed by atoms with van der Waals surface area (Å²) >= 11 is 1.47. The van der Waals surface area contributed by atoms with Gasteiger partial charge in [0.25, 0.3) is 0 Å². The van der Waals surface area contributed by atoms with Gasteiger partial charge in [0.15, 0.2) is 0 Å². The number of benzene rings is 2. The first-order chi connectivity index (χ1) is 13.3. The largest absolute Gasteiger partial charge is 0.363 e. The van der Waals surface area contributed by atoms with Crippen molar-refractivity contribution >= 4 is 33.8 Å². The molecule has 1 aliphatic carbocycles. The highest BCUT2D eigenvalue weighted by Gasteiger charge is 2.22. The van der Waals surface area contributed by atoms with E-state index in [4.69, 9.17) is 4.98 Å². The van der Waals surface area contributed by atoms with Gasteiger partial charge in [0.2, 0.25) is 5.78 Å². The highest BCUT2D eigenvalue weighted by Crippen LogP contribution is 2.33. The number of hydrogen-bond acceptors (Lipinski definition) is 4. The molecule has 27 heavy (non-hydrogen) atoms. The summed E-state index contributed by atoms with van der Waals surface area (Å²) in [5.41, 5.74) is 4.33. The minimum Gasteiger partial charge on any atom is -0.363 e. The zero-order valence-electron chi connectivity index (χ0n) is 14.7. The fourth-order valence-electron chi connectivity index (χ4n) is 3.86. The van der Waals surface area contributed by atoms with Crippen LogP contribution in [0.3, 0.4) is 0 Å². The van der Waals surface area contributed by atoms with Crippen LogP contribution in [-0.4, -0.2) is 10.8 Å². The molecule has 1 aliphatic rings. The summed E-state index contributed by atoms with van der Waals surface area (Å²) in [7, 11) is 0. The number of fused-ring (bicyclic) bond motifs is 2. The second-order valence-corrected chi connectivity index (χ2v) is 7.76. The molecule has 0 saturated heterocycles. The number of carbonyl (C=O) groups excluding carboxylic acids is 1. The van der Waals surface area contributed by atoms with Crippen LogP contribution in [0.15, 0.2) is 72.1 Å². The van der Waals surface area contributed by atoms with Gasteiger partial charge < -0.3 is 5.32 Å². The Kier molecular flexibility index (Phi) is 3.98. The van der Waals surface area contributed by atoms with E-state index in [1.54, 1.807) is 0 Å². The Morgan fingerprint density at radius 1 is 1.00 bits per heavy atom. The molecule has 2 aromatic carbocycles. The van der Waals surface area contributed by atoms with Gasteiger partial charge in [-0.3, -0.25) is 4.79 Å². The number of pyridine rings is 1. The quantitative estimate of drug-likeness (QED) is 0.474. The lowest BCUT2D eigenvalue weighted by Crippen LogP contribution is -2.08. The Labute approximate surface area is 161 Å². The van der Waals surface area contributed by atoms with E-state index in [1.807, 2.05) is 47.8 Å². The number of carbonyl (C=O) groups is 1. The summed E-state index contributed by atoms with van der Waals surface area (Å²) < 4.78 is 0. The van der Waals surface area contributed by atoms with E-state index in [1.165, 1.54) is 22.5 Å². The third-order valence-electron chi connectivity index (χ3n) is 5.18. The van der Waals surface area contributed by atoms with E-state index in [0.29, 0.717) is 11.6 Å². The number of hydrogen-bond donors (Lipinski definition) is 1. The van der Waals surface area contributed by atoms with E-state index in [0.717, 1.165) is 34.4 Å². The average Bonchev–Trinajstić information content (AvgIpc) is 3.38. The fraction of sp³-hybridized carbons (Fsp3) is 0.130. The van der Waals surface area contributed by atoms with E-state index < -0.39 is 0 Å². The molecule has 132 valence electrons. The number of nitrogens with zero attached hydrogens (tertiary/aromatic N) is 1. The number of thiophene rings is 1. The van der Waals surface area contributed by atoms with Crippen LogP contribution in [0.25, 0.3) is 10.9 Å². The Balaban J connectivity index is 1.48. The van der Waals surface area contributed by atoms with Gasteiger partial charge >= 0.3 is 0 Å². The maximum absolute atomic E-state index is 12.8. The molecule has 0 amide bonds. The summed E-state index contributed by atoms with van der Waals surface area (Å²) in [4.78, 5) is 18.3. The highest BCUT2D eigenvalue weighted by molar-refractivity contribution is 7.12. The van der Waals surface area contributed by atoms with Crippen LogP contribution in [0.5, 0.6) is 0 Å². The van der Waals surface area contributed by atoms with Gasteiger partial charge in [0, 0.05) is 10.9 Å². The first kappa shape index (κ1) is 16.2. The molecule has 1 N–H and O–H groups in total. The van der Waals surface area contributed by atoms with Crippen molar-refractivity contribution in [2.45, 2.75) is 18.9 Å². The molecule has 4 heteroatoms. The Hall–Kier alpha value is -2.98. The van der Waals surface area contributed by atoms with E-state index in [-0.39, 0.29) is 5.78 Å². The maximum Gasteiger partial charge on any atom is 0.203 e. The minimum atomic E-state index is 0.0582. The van der Waals surface area contributed by atoms with Gasteiger partial charge in [-0.05, 0) is 53.6 Å². The van der Waals surface area contributed by atoms with Crippen molar-refractivity contribution in [3.8, 4) is 0 Å². The number of anilines is 1. The molecule has 5 rings (SSSR count). The van der Waals surface area contributed by atoms with E-state index >= 15 is 0 Å². The molecule has 0 radical (unpaired) electrons. The average molecular weight is 370 g/mol. The molecule has 2 heterocycles. The molecule has 0 aliphatic heterocycles. The van der Waals surface area contributed by atoms with Crippen molar-refractivity contribution in [2.75, 3.05) is 5.32 Å². The molecule has 0 unspecified atom stereocenters. The smallest absolute Gasteiger partial charge is 0.203 e. The molecule has 0 saturated carbocycles. The predicted molar refractivity (Wildman–Crippen MR) is 111 cm³/mol. The van der Waals surface area contributed by atoms with Crippen LogP contribution < -0.4 is 5.32 Å². The molecule has 0 bridgehead atoms. The third kappa shape index (κ3) is 2.92. The van der Waals surface area contributed by atoms with Crippen LogP contribution in [0, 0.1) is 0 Å². The molecule has 1 atom stereocenters. The van der Waals surface area contributed by atoms with Crippen LogP contribution in [0.1, 0.15) is 38.8 Å². The first-order valence-corrected chi connectivity index (χ1v) is 10.00. The lowest BCUT2D eigenvalue weighted by molar-refractivity contribution is 0.104.